The molecule has 2 rings (SSSR count). The van der Waals surface area contributed by atoms with Gasteiger partial charge < -0.3 is 15.8 Å². The van der Waals surface area contributed by atoms with E-state index in [1.165, 1.54) is 30.5 Å². The monoisotopic (exact) mass is 463 g/mol. The van der Waals surface area contributed by atoms with E-state index in [-0.39, 0.29) is 28.8 Å². The van der Waals surface area contributed by atoms with Crippen LogP contribution in [0.15, 0.2) is 62.9 Å². The minimum absolute atomic E-state index is 0.0569. The predicted molar refractivity (Wildman–Crippen MR) is 118 cm³/mol. The summed E-state index contributed by atoms with van der Waals surface area (Å²) in [6.07, 6.45) is 5.85. The summed E-state index contributed by atoms with van der Waals surface area (Å²) >= 11 is 3.51. The number of aliphatic imine (C=N–C) groups is 1. The lowest BCUT2D eigenvalue weighted by Gasteiger charge is -2.24. The van der Waals surface area contributed by atoms with Crippen molar-refractivity contribution >= 4 is 33.7 Å². The third-order valence-electron chi connectivity index (χ3n) is 3.96. The molecule has 0 spiro atoms. The number of carbonyl (C=O) groups is 1. The zero-order chi connectivity index (χ0) is 21.6. The van der Waals surface area contributed by atoms with E-state index in [4.69, 9.17) is 10.5 Å². The van der Waals surface area contributed by atoms with Crippen LogP contribution in [-0.4, -0.2) is 24.8 Å². The highest BCUT2D eigenvalue weighted by Crippen LogP contribution is 2.27. The van der Waals surface area contributed by atoms with E-state index < -0.39 is 0 Å². The van der Waals surface area contributed by atoms with Gasteiger partial charge in [0.1, 0.15) is 11.6 Å². The SMILES string of the molecule is CC(N)=C(C=Nc1ccc(F)cc1)C(=O)NC1C=C(Br)C(OCC(C)(C)C)=CC1. The molecule has 5 nitrogen and oxygen atoms in total. The number of carbonyl (C=O) groups excluding carboxylic acids is 1. The normalized spacial score (nSPS) is 18.1. The summed E-state index contributed by atoms with van der Waals surface area (Å²) in [4.78, 5) is 16.9. The fourth-order valence-electron chi connectivity index (χ4n) is 2.43. The van der Waals surface area contributed by atoms with Crippen molar-refractivity contribution in [2.45, 2.75) is 40.2 Å². The first-order chi connectivity index (χ1) is 13.5. The van der Waals surface area contributed by atoms with Crippen LogP contribution >= 0.6 is 15.9 Å². The Morgan fingerprint density at radius 3 is 2.59 bits per heavy atom. The first-order valence-electron chi connectivity index (χ1n) is 9.32. The van der Waals surface area contributed by atoms with Crippen LogP contribution in [0.25, 0.3) is 0 Å². The highest BCUT2D eigenvalue weighted by Gasteiger charge is 2.20. The van der Waals surface area contributed by atoms with Crippen LogP contribution in [0.4, 0.5) is 10.1 Å². The van der Waals surface area contributed by atoms with Gasteiger partial charge in [0.25, 0.3) is 5.91 Å². The molecule has 156 valence electrons. The van der Waals surface area contributed by atoms with Crippen molar-refractivity contribution in [3.8, 4) is 0 Å². The summed E-state index contributed by atoms with van der Waals surface area (Å²) in [5.41, 5.74) is 7.06. The summed E-state index contributed by atoms with van der Waals surface area (Å²) < 4.78 is 19.6. The molecule has 29 heavy (non-hydrogen) atoms. The average Bonchev–Trinajstić information content (AvgIpc) is 2.61. The zero-order valence-corrected chi connectivity index (χ0v) is 18.7. The molecule has 0 aromatic heterocycles. The number of ether oxygens (including phenoxy) is 1. The van der Waals surface area contributed by atoms with Crippen LogP contribution < -0.4 is 11.1 Å². The maximum atomic E-state index is 13.0. The highest BCUT2D eigenvalue weighted by molar-refractivity contribution is 9.11. The number of nitrogens with one attached hydrogen (secondary N) is 1. The third-order valence-corrected chi connectivity index (χ3v) is 4.61. The van der Waals surface area contributed by atoms with Gasteiger partial charge in [-0.15, -0.1) is 0 Å². The van der Waals surface area contributed by atoms with Gasteiger partial charge in [-0.3, -0.25) is 9.79 Å². The number of hydrogen-bond acceptors (Lipinski definition) is 4. The van der Waals surface area contributed by atoms with E-state index in [2.05, 4.69) is 47.0 Å². The Kier molecular flexibility index (Phi) is 7.79. The van der Waals surface area contributed by atoms with E-state index in [0.717, 1.165) is 10.2 Å². The number of rotatable bonds is 6. The van der Waals surface area contributed by atoms with E-state index in [0.29, 0.717) is 24.4 Å². The molecule has 1 aromatic rings. The van der Waals surface area contributed by atoms with Crippen LogP contribution in [0, 0.1) is 11.2 Å². The number of halogens is 2. The smallest absolute Gasteiger partial charge is 0.255 e. The standard InChI is InChI=1S/C22H27BrFN3O2/c1-14(25)18(12-26-16-7-5-15(24)6-8-16)21(28)27-17-9-10-20(19(23)11-17)29-13-22(2,3)4/h5-8,10-12,17H,9,13,25H2,1-4H3,(H,27,28). The third kappa shape index (κ3) is 7.49. The molecule has 3 N–H and O–H groups in total. The Morgan fingerprint density at radius 1 is 1.38 bits per heavy atom. The van der Waals surface area contributed by atoms with Crippen molar-refractivity contribution in [1.29, 1.82) is 0 Å². The Hall–Kier alpha value is -2.41. The number of allylic oxidation sites excluding steroid dienone is 2. The van der Waals surface area contributed by atoms with Crippen molar-refractivity contribution in [3.63, 3.8) is 0 Å². The first kappa shape index (κ1) is 22.9. The van der Waals surface area contributed by atoms with Crippen molar-refractivity contribution in [2.24, 2.45) is 16.1 Å². The largest absolute Gasteiger partial charge is 0.492 e. The fraction of sp³-hybridized carbons (Fsp3) is 0.364. The van der Waals surface area contributed by atoms with E-state index in [1.54, 1.807) is 6.92 Å². The van der Waals surface area contributed by atoms with Gasteiger partial charge in [0, 0.05) is 11.9 Å². The average molecular weight is 464 g/mol. The number of nitrogens with zero attached hydrogens (tertiary/aromatic N) is 1. The molecule has 0 heterocycles. The number of nitrogens with two attached hydrogens (primary N) is 1. The molecule has 1 amide bonds. The van der Waals surface area contributed by atoms with E-state index in [9.17, 15) is 9.18 Å². The minimum atomic E-state index is -0.346. The second kappa shape index (κ2) is 9.87. The van der Waals surface area contributed by atoms with E-state index >= 15 is 0 Å². The van der Waals surface area contributed by atoms with Gasteiger partial charge in [-0.2, -0.15) is 0 Å². The summed E-state index contributed by atoms with van der Waals surface area (Å²) in [5.74, 6) is 0.0972. The quantitative estimate of drug-likeness (QED) is 0.466. The fourth-order valence-corrected chi connectivity index (χ4v) is 3.03. The predicted octanol–water partition coefficient (Wildman–Crippen LogP) is 4.87. The van der Waals surface area contributed by atoms with Gasteiger partial charge >= 0.3 is 0 Å². The molecular weight excluding hydrogens is 437 g/mol. The molecule has 1 aromatic carbocycles. The minimum Gasteiger partial charge on any atom is -0.492 e. The number of benzene rings is 1. The molecule has 0 radical (unpaired) electrons. The molecule has 1 atom stereocenters. The summed E-state index contributed by atoms with van der Waals surface area (Å²) in [5, 5.41) is 2.93. The lowest BCUT2D eigenvalue weighted by atomic mass is 9.98. The summed E-state index contributed by atoms with van der Waals surface area (Å²) in [7, 11) is 0. The summed E-state index contributed by atoms with van der Waals surface area (Å²) in [6.45, 7) is 8.54. The molecular formula is C22H27BrFN3O2. The topological polar surface area (TPSA) is 76.7 Å². The van der Waals surface area contributed by atoms with Gasteiger partial charge in [-0.05, 0) is 71.1 Å². The second-order valence-corrected chi connectivity index (χ2v) is 8.93. The Balaban J connectivity index is 2.01. The summed E-state index contributed by atoms with van der Waals surface area (Å²) in [6, 6.07) is 5.46. The molecule has 0 fully saturated rings. The molecule has 0 bridgehead atoms. The van der Waals surface area contributed by atoms with Crippen LogP contribution in [0.5, 0.6) is 0 Å². The molecule has 1 unspecified atom stereocenters. The van der Waals surface area contributed by atoms with Gasteiger partial charge in [0.05, 0.1) is 28.4 Å². The lowest BCUT2D eigenvalue weighted by molar-refractivity contribution is -0.117. The molecule has 1 aliphatic carbocycles. The zero-order valence-electron chi connectivity index (χ0n) is 17.1. The Morgan fingerprint density at radius 2 is 2.03 bits per heavy atom. The number of hydrogen-bond donors (Lipinski definition) is 2. The van der Waals surface area contributed by atoms with Gasteiger partial charge in [0.15, 0.2) is 0 Å². The molecule has 0 saturated heterocycles. The lowest BCUT2D eigenvalue weighted by Crippen LogP contribution is -2.36. The van der Waals surface area contributed by atoms with Gasteiger partial charge in [-0.25, -0.2) is 4.39 Å². The van der Waals surface area contributed by atoms with Crippen molar-refractivity contribution in [1.82, 2.24) is 5.32 Å². The molecule has 1 aliphatic rings. The van der Waals surface area contributed by atoms with Crippen molar-refractivity contribution < 1.29 is 13.9 Å². The van der Waals surface area contributed by atoms with Crippen molar-refractivity contribution in [2.75, 3.05) is 6.61 Å². The van der Waals surface area contributed by atoms with Crippen LogP contribution in [0.2, 0.25) is 0 Å². The first-order valence-corrected chi connectivity index (χ1v) is 10.1. The van der Waals surface area contributed by atoms with Crippen LogP contribution in [0.1, 0.15) is 34.1 Å². The maximum absolute atomic E-state index is 13.0. The Labute approximate surface area is 179 Å². The number of amides is 1. The molecule has 0 aliphatic heterocycles. The van der Waals surface area contributed by atoms with Crippen LogP contribution in [-0.2, 0) is 9.53 Å². The van der Waals surface area contributed by atoms with Gasteiger partial charge in [-0.1, -0.05) is 20.8 Å². The van der Waals surface area contributed by atoms with E-state index in [1.807, 2.05) is 12.2 Å². The van der Waals surface area contributed by atoms with Crippen LogP contribution in [0.3, 0.4) is 0 Å². The Bertz CT molecular complexity index is 861. The van der Waals surface area contributed by atoms with Gasteiger partial charge in [0.2, 0.25) is 0 Å². The van der Waals surface area contributed by atoms with Crippen molar-refractivity contribution in [3.05, 3.63) is 63.7 Å². The molecule has 0 saturated carbocycles. The maximum Gasteiger partial charge on any atom is 0.255 e. The molecule has 7 heteroatoms. The second-order valence-electron chi connectivity index (χ2n) is 8.08. The highest BCUT2D eigenvalue weighted by atomic mass is 79.9.